The summed E-state index contributed by atoms with van der Waals surface area (Å²) in [6, 6.07) is 11.0. The highest BCUT2D eigenvalue weighted by atomic mass is 16.3. The number of amides is 1. The normalized spacial score (nSPS) is 24.1. The topological polar surface area (TPSA) is 49.6 Å². The summed E-state index contributed by atoms with van der Waals surface area (Å²) in [5.41, 5.74) is 2.01. The minimum atomic E-state index is -0.0231. The predicted molar refractivity (Wildman–Crippen MR) is 85.9 cm³/mol. The van der Waals surface area contributed by atoms with Crippen molar-refractivity contribution in [1.82, 2.24) is 14.8 Å². The number of piperidine rings is 1. The highest BCUT2D eigenvalue weighted by Gasteiger charge is 2.43. The van der Waals surface area contributed by atoms with Crippen molar-refractivity contribution in [3.8, 4) is 0 Å². The van der Waals surface area contributed by atoms with E-state index in [-0.39, 0.29) is 5.91 Å². The van der Waals surface area contributed by atoms with Gasteiger partial charge >= 0.3 is 0 Å². The molecule has 2 saturated heterocycles. The van der Waals surface area contributed by atoms with Crippen LogP contribution in [0.2, 0.25) is 0 Å². The lowest BCUT2D eigenvalue weighted by atomic mass is 9.82. The van der Waals surface area contributed by atoms with Crippen LogP contribution in [0.25, 0.3) is 0 Å². The Kier molecular flexibility index (Phi) is 3.65. The molecule has 1 aromatic heterocycles. The number of carbonyl (C=O) groups excluding carboxylic acids is 1. The second-order valence-corrected chi connectivity index (χ2v) is 6.55. The lowest BCUT2D eigenvalue weighted by molar-refractivity contribution is -0.0433. The molecule has 5 heteroatoms. The molecule has 0 aliphatic carbocycles. The Hall–Kier alpha value is -2.14. The molecular formula is C18H21N3O2. The van der Waals surface area contributed by atoms with Gasteiger partial charge in [-0.1, -0.05) is 30.3 Å². The van der Waals surface area contributed by atoms with Crippen LogP contribution in [0.3, 0.4) is 0 Å². The molecular weight excluding hydrogens is 290 g/mol. The van der Waals surface area contributed by atoms with Crippen molar-refractivity contribution in [2.45, 2.75) is 25.9 Å². The molecule has 0 N–H and O–H groups in total. The van der Waals surface area contributed by atoms with Gasteiger partial charge in [0.25, 0.3) is 5.91 Å². The Balaban J connectivity index is 1.42. The van der Waals surface area contributed by atoms with E-state index in [4.69, 9.17) is 4.42 Å². The van der Waals surface area contributed by atoms with Gasteiger partial charge in [-0.2, -0.15) is 0 Å². The number of aryl methyl sites for hydroxylation is 1. The Bertz CT molecular complexity index is 697. The summed E-state index contributed by atoms with van der Waals surface area (Å²) in [5, 5.41) is 0. The molecule has 2 atom stereocenters. The van der Waals surface area contributed by atoms with Gasteiger partial charge in [-0.25, -0.2) is 4.98 Å². The smallest absolute Gasteiger partial charge is 0.291 e. The summed E-state index contributed by atoms with van der Waals surface area (Å²) in [4.78, 5) is 21.0. The molecule has 2 aromatic rings. The van der Waals surface area contributed by atoms with Crippen LogP contribution >= 0.6 is 0 Å². The lowest BCUT2D eigenvalue weighted by Crippen LogP contribution is -2.64. The first kappa shape index (κ1) is 14.5. The van der Waals surface area contributed by atoms with Crippen LogP contribution in [0, 0.1) is 12.8 Å². The fourth-order valence-corrected chi connectivity index (χ4v) is 3.74. The van der Waals surface area contributed by atoms with Crippen LogP contribution in [0.15, 0.2) is 41.1 Å². The van der Waals surface area contributed by atoms with Gasteiger partial charge in [0.2, 0.25) is 5.76 Å². The molecule has 0 radical (unpaired) electrons. The fourth-order valence-electron chi connectivity index (χ4n) is 3.74. The zero-order valence-corrected chi connectivity index (χ0v) is 13.3. The Labute approximate surface area is 135 Å². The molecule has 1 amide bonds. The summed E-state index contributed by atoms with van der Waals surface area (Å²) in [6.07, 6.45) is 2.43. The maximum atomic E-state index is 12.6. The molecule has 3 heterocycles. The third kappa shape index (κ3) is 2.65. The molecule has 2 aliphatic heterocycles. The number of fused-ring (bicyclic) bond motifs is 1. The molecule has 23 heavy (non-hydrogen) atoms. The van der Waals surface area contributed by atoms with Gasteiger partial charge < -0.3 is 9.32 Å². The third-order valence-electron chi connectivity index (χ3n) is 5.11. The Morgan fingerprint density at radius 1 is 1.30 bits per heavy atom. The number of aromatic nitrogens is 1. The first-order valence-electron chi connectivity index (χ1n) is 8.19. The molecule has 0 spiro atoms. The van der Waals surface area contributed by atoms with E-state index in [0.29, 0.717) is 17.5 Å². The van der Waals surface area contributed by atoms with Crippen LogP contribution in [0.5, 0.6) is 0 Å². The number of benzene rings is 1. The number of nitrogens with zero attached hydrogens (tertiary/aromatic N) is 3. The summed E-state index contributed by atoms with van der Waals surface area (Å²) < 4.78 is 5.27. The number of likely N-dealkylation sites (tertiary alicyclic amines) is 2. The summed E-state index contributed by atoms with van der Waals surface area (Å²) >= 11 is 0. The van der Waals surface area contributed by atoms with Crippen LogP contribution in [-0.2, 0) is 6.54 Å². The van der Waals surface area contributed by atoms with Crippen LogP contribution in [0.4, 0.5) is 0 Å². The quantitative estimate of drug-likeness (QED) is 0.873. The van der Waals surface area contributed by atoms with E-state index in [1.165, 1.54) is 12.0 Å². The summed E-state index contributed by atoms with van der Waals surface area (Å²) in [7, 11) is 0. The van der Waals surface area contributed by atoms with E-state index in [2.05, 4.69) is 34.1 Å². The van der Waals surface area contributed by atoms with Crippen molar-refractivity contribution in [2.24, 2.45) is 5.92 Å². The zero-order chi connectivity index (χ0) is 15.8. The Morgan fingerprint density at radius 2 is 2.13 bits per heavy atom. The van der Waals surface area contributed by atoms with Crippen LogP contribution < -0.4 is 0 Å². The average molecular weight is 311 g/mol. The number of rotatable bonds is 3. The van der Waals surface area contributed by atoms with Gasteiger partial charge in [0.15, 0.2) is 6.39 Å². The fraction of sp³-hybridized carbons (Fsp3) is 0.444. The van der Waals surface area contributed by atoms with E-state index < -0.39 is 0 Å². The van der Waals surface area contributed by atoms with Crippen molar-refractivity contribution in [3.05, 3.63) is 53.7 Å². The second-order valence-electron chi connectivity index (χ2n) is 6.55. The van der Waals surface area contributed by atoms with Gasteiger partial charge in [-0.3, -0.25) is 9.69 Å². The molecule has 2 aliphatic rings. The number of oxazole rings is 1. The lowest BCUT2D eigenvalue weighted by Gasteiger charge is -2.53. The third-order valence-corrected chi connectivity index (χ3v) is 5.11. The van der Waals surface area contributed by atoms with E-state index in [1.807, 2.05) is 17.9 Å². The molecule has 120 valence electrons. The predicted octanol–water partition coefficient (Wildman–Crippen LogP) is 2.33. The van der Waals surface area contributed by atoms with E-state index in [0.717, 1.165) is 38.5 Å². The van der Waals surface area contributed by atoms with E-state index >= 15 is 0 Å². The highest BCUT2D eigenvalue weighted by Crippen LogP contribution is 2.34. The average Bonchev–Trinajstić information content (AvgIpc) is 2.99. The van der Waals surface area contributed by atoms with Crippen LogP contribution in [-0.4, -0.2) is 46.4 Å². The van der Waals surface area contributed by atoms with Crippen molar-refractivity contribution in [1.29, 1.82) is 0 Å². The number of hydrogen-bond acceptors (Lipinski definition) is 4. The maximum Gasteiger partial charge on any atom is 0.291 e. The molecule has 5 nitrogen and oxygen atoms in total. The van der Waals surface area contributed by atoms with E-state index in [1.54, 1.807) is 0 Å². The Morgan fingerprint density at radius 3 is 2.87 bits per heavy atom. The largest absolute Gasteiger partial charge is 0.438 e. The first-order valence-corrected chi connectivity index (χ1v) is 8.19. The molecule has 2 fully saturated rings. The van der Waals surface area contributed by atoms with Crippen molar-refractivity contribution >= 4 is 5.91 Å². The van der Waals surface area contributed by atoms with Gasteiger partial charge in [-0.05, 0) is 24.8 Å². The minimum absolute atomic E-state index is 0.0231. The monoisotopic (exact) mass is 311 g/mol. The molecule has 4 rings (SSSR count). The van der Waals surface area contributed by atoms with E-state index in [9.17, 15) is 4.79 Å². The molecule has 0 saturated carbocycles. The highest BCUT2D eigenvalue weighted by molar-refractivity contribution is 5.92. The zero-order valence-electron chi connectivity index (χ0n) is 13.3. The summed E-state index contributed by atoms with van der Waals surface area (Å²) in [5.74, 6) is 1.08. The van der Waals surface area contributed by atoms with Crippen molar-refractivity contribution in [3.63, 3.8) is 0 Å². The van der Waals surface area contributed by atoms with Gasteiger partial charge in [0.05, 0.1) is 5.69 Å². The molecule has 0 bridgehead atoms. The standard InChI is InChI=1S/C18H21N3O2/c1-13-17(23-12-19-13)18(22)20-8-7-15-10-21(16(15)11-20)9-14-5-3-2-4-6-14/h2-6,12,15-16H,7-11H2,1H3/t15-,16-/m1/s1. The number of carbonyl (C=O) groups is 1. The number of hydrogen-bond donors (Lipinski definition) is 0. The van der Waals surface area contributed by atoms with Crippen molar-refractivity contribution in [2.75, 3.05) is 19.6 Å². The maximum absolute atomic E-state index is 12.6. The van der Waals surface area contributed by atoms with Gasteiger partial charge in [0.1, 0.15) is 0 Å². The molecule has 0 unspecified atom stereocenters. The SMILES string of the molecule is Cc1ncoc1C(=O)N1CC[C@@H]2CN(Cc3ccccc3)[C@@H]2C1. The van der Waals surface area contributed by atoms with Gasteiger partial charge in [-0.15, -0.1) is 0 Å². The van der Waals surface area contributed by atoms with Gasteiger partial charge in [0, 0.05) is 32.2 Å². The minimum Gasteiger partial charge on any atom is -0.438 e. The van der Waals surface area contributed by atoms with Crippen molar-refractivity contribution < 1.29 is 9.21 Å². The first-order chi connectivity index (χ1) is 11.2. The summed E-state index contributed by atoms with van der Waals surface area (Å²) in [6.45, 7) is 5.53. The second kappa shape index (κ2) is 5.81. The van der Waals surface area contributed by atoms with Crippen LogP contribution in [0.1, 0.15) is 28.2 Å². The molecule has 1 aromatic carbocycles.